The van der Waals surface area contributed by atoms with E-state index in [1.54, 1.807) is 23.1 Å². The van der Waals surface area contributed by atoms with Crippen LogP contribution in [0.25, 0.3) is 5.76 Å². The van der Waals surface area contributed by atoms with Crippen LogP contribution in [0.4, 0.5) is 0 Å². The molecule has 1 N–H and O–H groups in total. The summed E-state index contributed by atoms with van der Waals surface area (Å²) in [4.78, 5) is 30.6. The molecule has 1 unspecified atom stereocenters. The molecular weight excluding hydrogens is 504 g/mol. The number of unbranched alkanes of at least 4 members (excludes halogenated alkanes) is 1. The molecule has 1 aliphatic rings. The van der Waals surface area contributed by atoms with Crippen LogP contribution in [0.15, 0.2) is 84.4 Å². The van der Waals surface area contributed by atoms with Crippen molar-refractivity contribution in [2.75, 3.05) is 32.8 Å². The summed E-state index contributed by atoms with van der Waals surface area (Å²) in [6, 6.07) is 23.0. The molecule has 1 saturated heterocycles. The van der Waals surface area contributed by atoms with Crippen molar-refractivity contribution in [1.82, 2.24) is 9.80 Å². The zero-order valence-electron chi connectivity index (χ0n) is 23.5. The fourth-order valence-electron chi connectivity index (χ4n) is 4.84. The number of likely N-dealkylation sites (N-methyl/N-ethyl adjacent to an activating group) is 1. The maximum Gasteiger partial charge on any atom is 0.295 e. The van der Waals surface area contributed by atoms with E-state index in [0.717, 1.165) is 25.9 Å². The summed E-state index contributed by atoms with van der Waals surface area (Å²) in [6.07, 6.45) is 1.92. The van der Waals surface area contributed by atoms with Crippen LogP contribution >= 0.6 is 0 Å². The number of Topliss-reactive ketones (excluding diaryl/α,β-unsaturated/α-hetero) is 1. The van der Waals surface area contributed by atoms with E-state index in [9.17, 15) is 14.7 Å². The molecule has 0 spiro atoms. The Kier molecular flexibility index (Phi) is 9.97. The molecule has 4 rings (SSSR count). The van der Waals surface area contributed by atoms with E-state index in [0.29, 0.717) is 48.1 Å². The number of hydrogen-bond acceptors (Lipinski definition) is 6. The number of nitrogens with zero attached hydrogens (tertiary/aromatic N) is 2. The summed E-state index contributed by atoms with van der Waals surface area (Å²) in [5.74, 6) is 0.309. The van der Waals surface area contributed by atoms with Crippen molar-refractivity contribution in [3.05, 3.63) is 95.6 Å². The number of para-hydroxylation sites is 1. The minimum atomic E-state index is -0.764. The topological polar surface area (TPSA) is 79.3 Å². The van der Waals surface area contributed by atoms with E-state index in [1.165, 1.54) is 0 Å². The van der Waals surface area contributed by atoms with Gasteiger partial charge in [-0.05, 0) is 61.5 Å². The number of ketones is 1. The third-order valence-corrected chi connectivity index (χ3v) is 7.12. The molecule has 0 radical (unpaired) electrons. The van der Waals surface area contributed by atoms with E-state index in [-0.39, 0.29) is 11.3 Å². The normalized spacial score (nSPS) is 16.5. The van der Waals surface area contributed by atoms with Crippen molar-refractivity contribution in [3.8, 4) is 17.2 Å². The van der Waals surface area contributed by atoms with E-state index >= 15 is 0 Å². The highest BCUT2D eigenvalue weighted by Crippen LogP contribution is 2.41. The van der Waals surface area contributed by atoms with Gasteiger partial charge >= 0.3 is 0 Å². The van der Waals surface area contributed by atoms with E-state index < -0.39 is 17.7 Å². The number of carbonyl (C=O) groups excluding carboxylic acids is 2. The van der Waals surface area contributed by atoms with Crippen LogP contribution in [0.5, 0.6) is 17.2 Å². The van der Waals surface area contributed by atoms with Gasteiger partial charge in [-0.25, -0.2) is 0 Å². The Morgan fingerprint density at radius 2 is 1.57 bits per heavy atom. The van der Waals surface area contributed by atoms with Crippen LogP contribution in [0.2, 0.25) is 0 Å². The molecule has 3 aromatic rings. The van der Waals surface area contributed by atoms with Gasteiger partial charge in [0.15, 0.2) is 0 Å². The summed E-state index contributed by atoms with van der Waals surface area (Å²) in [5, 5.41) is 11.5. The number of aliphatic hydroxyl groups excluding tert-OH is 1. The Bertz CT molecular complexity index is 1330. The summed E-state index contributed by atoms with van der Waals surface area (Å²) < 4.78 is 11.9. The third kappa shape index (κ3) is 6.72. The van der Waals surface area contributed by atoms with Gasteiger partial charge in [-0.1, -0.05) is 69.7 Å². The standard InChI is InChI=1S/C33H38N2O5/c1-4-7-21-39-27-17-12-14-25(23-27)31(36)29-30(35(33(38)32(29)37)20-19-34(5-2)6-3)24-13-11-18-28(22-24)40-26-15-9-8-10-16-26/h8-18,22-23,30,36H,4-7,19-21H2,1-3H3/b31-29+. The molecule has 1 amide bonds. The van der Waals surface area contributed by atoms with Gasteiger partial charge in [0.05, 0.1) is 18.2 Å². The lowest BCUT2D eigenvalue weighted by Gasteiger charge is -2.28. The Balaban J connectivity index is 1.75. The molecule has 40 heavy (non-hydrogen) atoms. The largest absolute Gasteiger partial charge is 0.507 e. The highest BCUT2D eigenvalue weighted by molar-refractivity contribution is 6.46. The van der Waals surface area contributed by atoms with Crippen molar-refractivity contribution in [2.24, 2.45) is 0 Å². The molecule has 0 aliphatic carbocycles. The predicted octanol–water partition coefficient (Wildman–Crippen LogP) is 6.42. The maximum absolute atomic E-state index is 13.5. The van der Waals surface area contributed by atoms with Gasteiger partial charge in [0.1, 0.15) is 23.0 Å². The Hall–Kier alpha value is -4.10. The summed E-state index contributed by atoms with van der Waals surface area (Å²) in [7, 11) is 0. The number of rotatable bonds is 13. The van der Waals surface area contributed by atoms with Crippen molar-refractivity contribution in [2.45, 2.75) is 39.7 Å². The molecule has 1 heterocycles. The smallest absolute Gasteiger partial charge is 0.295 e. The number of aliphatic hydroxyl groups is 1. The van der Waals surface area contributed by atoms with Gasteiger partial charge in [-0.3, -0.25) is 9.59 Å². The van der Waals surface area contributed by atoms with Gasteiger partial charge in [-0.2, -0.15) is 0 Å². The maximum atomic E-state index is 13.5. The molecule has 3 aromatic carbocycles. The van der Waals surface area contributed by atoms with Crippen molar-refractivity contribution < 1.29 is 24.2 Å². The monoisotopic (exact) mass is 542 g/mol. The van der Waals surface area contributed by atoms with Crippen molar-refractivity contribution in [3.63, 3.8) is 0 Å². The second kappa shape index (κ2) is 13.8. The number of benzene rings is 3. The highest BCUT2D eigenvalue weighted by Gasteiger charge is 2.46. The van der Waals surface area contributed by atoms with Crippen LogP contribution in [0, 0.1) is 0 Å². The minimum absolute atomic E-state index is 0.0621. The average molecular weight is 543 g/mol. The van der Waals surface area contributed by atoms with Gasteiger partial charge < -0.3 is 24.4 Å². The lowest BCUT2D eigenvalue weighted by Crippen LogP contribution is -2.38. The SMILES string of the molecule is CCCCOc1cccc(/C(O)=C2\C(=O)C(=O)N(CCN(CC)CC)C2c2cccc(Oc3ccccc3)c2)c1. The first-order valence-corrected chi connectivity index (χ1v) is 14.0. The summed E-state index contributed by atoms with van der Waals surface area (Å²) >= 11 is 0. The van der Waals surface area contributed by atoms with Gasteiger partial charge in [0.25, 0.3) is 11.7 Å². The average Bonchev–Trinajstić information content (AvgIpc) is 3.23. The molecule has 7 heteroatoms. The van der Waals surface area contributed by atoms with Crippen molar-refractivity contribution in [1.29, 1.82) is 0 Å². The zero-order chi connectivity index (χ0) is 28.5. The zero-order valence-corrected chi connectivity index (χ0v) is 23.5. The van der Waals surface area contributed by atoms with Gasteiger partial charge in [0, 0.05) is 18.7 Å². The van der Waals surface area contributed by atoms with E-state index in [1.807, 2.05) is 60.7 Å². The fraction of sp³-hybridized carbons (Fsp3) is 0.333. The molecule has 1 aliphatic heterocycles. The minimum Gasteiger partial charge on any atom is -0.507 e. The fourth-order valence-corrected chi connectivity index (χ4v) is 4.84. The van der Waals surface area contributed by atoms with Crippen LogP contribution in [-0.4, -0.2) is 59.4 Å². The number of hydrogen-bond donors (Lipinski definition) is 1. The molecule has 1 atom stereocenters. The molecule has 0 bridgehead atoms. The highest BCUT2D eigenvalue weighted by atomic mass is 16.5. The Labute approximate surface area is 236 Å². The Morgan fingerprint density at radius 1 is 0.875 bits per heavy atom. The molecule has 210 valence electrons. The summed E-state index contributed by atoms with van der Waals surface area (Å²) in [5.41, 5.74) is 1.17. The van der Waals surface area contributed by atoms with Gasteiger partial charge in [-0.15, -0.1) is 0 Å². The molecule has 0 saturated carbocycles. The lowest BCUT2D eigenvalue weighted by molar-refractivity contribution is -0.140. The first-order valence-electron chi connectivity index (χ1n) is 14.0. The molecule has 7 nitrogen and oxygen atoms in total. The second-order valence-corrected chi connectivity index (χ2v) is 9.74. The molecule has 0 aromatic heterocycles. The molecule has 1 fully saturated rings. The van der Waals surface area contributed by atoms with E-state index in [4.69, 9.17) is 9.47 Å². The lowest BCUT2D eigenvalue weighted by atomic mass is 9.95. The van der Waals surface area contributed by atoms with Crippen LogP contribution in [0.1, 0.15) is 50.8 Å². The van der Waals surface area contributed by atoms with Crippen LogP contribution in [-0.2, 0) is 9.59 Å². The number of carbonyl (C=O) groups is 2. The van der Waals surface area contributed by atoms with Crippen LogP contribution in [0.3, 0.4) is 0 Å². The number of amides is 1. The third-order valence-electron chi connectivity index (χ3n) is 7.12. The Morgan fingerprint density at radius 3 is 2.30 bits per heavy atom. The van der Waals surface area contributed by atoms with E-state index in [2.05, 4.69) is 25.7 Å². The summed E-state index contributed by atoms with van der Waals surface area (Å²) in [6.45, 7) is 9.39. The molecular formula is C33H38N2O5. The predicted molar refractivity (Wildman–Crippen MR) is 157 cm³/mol. The second-order valence-electron chi connectivity index (χ2n) is 9.74. The first kappa shape index (κ1) is 28.9. The van der Waals surface area contributed by atoms with Gasteiger partial charge in [0.2, 0.25) is 0 Å². The quantitative estimate of drug-likeness (QED) is 0.116. The van der Waals surface area contributed by atoms with Crippen molar-refractivity contribution >= 4 is 17.4 Å². The number of ether oxygens (including phenoxy) is 2. The van der Waals surface area contributed by atoms with Crippen LogP contribution < -0.4 is 9.47 Å². The number of likely N-dealkylation sites (tertiary alicyclic amines) is 1. The first-order chi connectivity index (χ1) is 19.5.